The van der Waals surface area contributed by atoms with Gasteiger partial charge < -0.3 is 14.1 Å². The largest absolute Gasteiger partial charge is 0.472 e. The van der Waals surface area contributed by atoms with Crippen LogP contribution in [0.3, 0.4) is 0 Å². The van der Waals surface area contributed by atoms with E-state index < -0.39 is 7.82 Å². The van der Waals surface area contributed by atoms with Crippen molar-refractivity contribution in [1.82, 2.24) is 0 Å². The van der Waals surface area contributed by atoms with E-state index in [2.05, 4.69) is 6.92 Å². The molecule has 1 aliphatic rings. The van der Waals surface area contributed by atoms with E-state index in [1.165, 1.54) is 57.8 Å². The van der Waals surface area contributed by atoms with Crippen molar-refractivity contribution < 1.29 is 27.7 Å². The van der Waals surface area contributed by atoms with Crippen molar-refractivity contribution >= 4 is 7.82 Å². The SMILES string of the molecule is CCCCCCCCCCCCO[C@@H]1CCC[C@H]1COP(=O)(O)OCC[N+](C)(C)C. The lowest BCUT2D eigenvalue weighted by Crippen LogP contribution is -2.37. The normalized spacial score (nSPS) is 21.8. The Morgan fingerprint density at radius 1 is 0.867 bits per heavy atom. The van der Waals surface area contributed by atoms with Gasteiger partial charge in [-0.2, -0.15) is 0 Å². The van der Waals surface area contributed by atoms with Gasteiger partial charge in [-0.25, -0.2) is 4.57 Å². The molecule has 1 aliphatic carbocycles. The minimum Gasteiger partial charge on any atom is -0.378 e. The van der Waals surface area contributed by atoms with Gasteiger partial charge in [-0.05, 0) is 19.3 Å². The summed E-state index contributed by atoms with van der Waals surface area (Å²) in [5, 5.41) is 0. The first-order valence-corrected chi connectivity index (χ1v) is 13.8. The highest BCUT2D eigenvalue weighted by Crippen LogP contribution is 2.44. The van der Waals surface area contributed by atoms with Crippen LogP contribution in [0.4, 0.5) is 0 Å². The Kier molecular flexibility index (Phi) is 14.8. The Balaban J connectivity index is 2.07. The molecule has 0 aromatic rings. The first-order valence-electron chi connectivity index (χ1n) is 12.3. The second-order valence-corrected chi connectivity index (χ2v) is 11.3. The first kappa shape index (κ1) is 28.1. The number of hydrogen-bond donors (Lipinski definition) is 1. The summed E-state index contributed by atoms with van der Waals surface area (Å²) >= 11 is 0. The minimum atomic E-state index is -3.98. The zero-order valence-corrected chi connectivity index (χ0v) is 21.0. The highest BCUT2D eigenvalue weighted by atomic mass is 31.2. The molecule has 0 aliphatic heterocycles. The average molecular weight is 451 g/mol. The molecular formula is C23H49NO5P+. The summed E-state index contributed by atoms with van der Waals surface area (Å²) < 4.78 is 29.2. The van der Waals surface area contributed by atoms with Crippen LogP contribution in [-0.2, 0) is 18.3 Å². The number of nitrogens with zero attached hydrogens (tertiary/aromatic N) is 1. The van der Waals surface area contributed by atoms with Crippen molar-refractivity contribution in [2.24, 2.45) is 5.92 Å². The van der Waals surface area contributed by atoms with Gasteiger partial charge in [0, 0.05) is 12.5 Å². The van der Waals surface area contributed by atoms with Gasteiger partial charge >= 0.3 is 7.82 Å². The molecule has 1 N–H and O–H groups in total. The van der Waals surface area contributed by atoms with E-state index in [1.54, 1.807) is 0 Å². The van der Waals surface area contributed by atoms with Gasteiger partial charge in [-0.3, -0.25) is 9.05 Å². The fourth-order valence-corrected chi connectivity index (χ4v) is 4.66. The van der Waals surface area contributed by atoms with Crippen molar-refractivity contribution in [2.45, 2.75) is 96.5 Å². The van der Waals surface area contributed by atoms with E-state index in [-0.39, 0.29) is 25.2 Å². The molecule has 0 bridgehead atoms. The quantitative estimate of drug-likeness (QED) is 0.150. The maximum Gasteiger partial charge on any atom is 0.472 e. The molecule has 0 aromatic carbocycles. The lowest BCUT2D eigenvalue weighted by Gasteiger charge is -2.24. The molecule has 1 unspecified atom stereocenters. The predicted molar refractivity (Wildman–Crippen MR) is 124 cm³/mol. The Hall–Kier alpha value is 0.0300. The van der Waals surface area contributed by atoms with Crippen LogP contribution >= 0.6 is 7.82 Å². The van der Waals surface area contributed by atoms with Gasteiger partial charge in [0.1, 0.15) is 13.2 Å². The zero-order valence-electron chi connectivity index (χ0n) is 20.2. The second kappa shape index (κ2) is 15.8. The van der Waals surface area contributed by atoms with E-state index in [9.17, 15) is 9.46 Å². The van der Waals surface area contributed by atoms with Gasteiger partial charge in [0.2, 0.25) is 0 Å². The Bertz CT molecular complexity index is 469. The molecule has 1 fully saturated rings. The summed E-state index contributed by atoms with van der Waals surface area (Å²) in [5.41, 5.74) is 0. The fourth-order valence-electron chi connectivity index (χ4n) is 3.89. The van der Waals surface area contributed by atoms with Crippen LogP contribution in [0.5, 0.6) is 0 Å². The molecule has 0 saturated heterocycles. The number of quaternary nitrogens is 1. The Morgan fingerprint density at radius 3 is 2.07 bits per heavy atom. The van der Waals surface area contributed by atoms with Crippen LogP contribution in [0, 0.1) is 5.92 Å². The molecule has 1 saturated carbocycles. The molecule has 0 amide bonds. The van der Waals surface area contributed by atoms with Crippen molar-refractivity contribution in [1.29, 1.82) is 0 Å². The van der Waals surface area contributed by atoms with Gasteiger partial charge in [-0.15, -0.1) is 0 Å². The third-order valence-corrected chi connectivity index (χ3v) is 6.87. The van der Waals surface area contributed by atoms with Gasteiger partial charge in [-0.1, -0.05) is 71.1 Å². The maximum atomic E-state index is 12.1. The molecule has 0 spiro atoms. The summed E-state index contributed by atoms with van der Waals surface area (Å²) in [5.74, 6) is 0.190. The number of phosphoric acid groups is 1. The monoisotopic (exact) mass is 450 g/mol. The van der Waals surface area contributed by atoms with E-state index in [1.807, 2.05) is 21.1 Å². The molecule has 180 valence electrons. The average Bonchev–Trinajstić information content (AvgIpc) is 3.11. The molecular weight excluding hydrogens is 401 g/mol. The summed E-state index contributed by atoms with van der Waals surface area (Å²) in [4.78, 5) is 9.90. The number of hydrogen-bond acceptors (Lipinski definition) is 4. The maximum absolute atomic E-state index is 12.1. The second-order valence-electron chi connectivity index (χ2n) is 9.89. The summed E-state index contributed by atoms with van der Waals surface area (Å²) in [6.07, 6.45) is 16.4. The van der Waals surface area contributed by atoms with Crippen LogP contribution < -0.4 is 0 Å². The molecule has 0 radical (unpaired) electrons. The van der Waals surface area contributed by atoms with Crippen molar-refractivity contribution in [2.75, 3.05) is 47.5 Å². The number of phosphoric ester groups is 1. The Morgan fingerprint density at radius 2 is 1.47 bits per heavy atom. The van der Waals surface area contributed by atoms with Crippen LogP contribution in [0.15, 0.2) is 0 Å². The molecule has 30 heavy (non-hydrogen) atoms. The smallest absolute Gasteiger partial charge is 0.378 e. The third-order valence-electron chi connectivity index (χ3n) is 5.89. The lowest BCUT2D eigenvalue weighted by atomic mass is 10.1. The number of likely N-dealkylation sites (N-methyl/N-ethyl adjacent to an activating group) is 1. The highest BCUT2D eigenvalue weighted by Gasteiger charge is 2.31. The number of rotatable bonds is 19. The van der Waals surface area contributed by atoms with E-state index in [0.29, 0.717) is 11.0 Å². The van der Waals surface area contributed by atoms with Crippen molar-refractivity contribution in [3.8, 4) is 0 Å². The van der Waals surface area contributed by atoms with Crippen molar-refractivity contribution in [3.05, 3.63) is 0 Å². The molecule has 3 atom stereocenters. The van der Waals surface area contributed by atoms with E-state index >= 15 is 0 Å². The van der Waals surface area contributed by atoms with E-state index in [0.717, 1.165) is 32.3 Å². The molecule has 1 rings (SSSR count). The van der Waals surface area contributed by atoms with Gasteiger partial charge in [0.15, 0.2) is 0 Å². The standard InChI is InChI=1S/C23H48NO5P/c1-5-6-7-8-9-10-11-12-13-14-19-27-23-17-15-16-22(23)21-29-30(25,26)28-20-18-24(2,3)4/h22-23H,5-21H2,1-4H3/p+1/t22-,23+/m0/s1. The minimum absolute atomic E-state index is 0.148. The van der Waals surface area contributed by atoms with Crippen LogP contribution in [0.25, 0.3) is 0 Å². The summed E-state index contributed by atoms with van der Waals surface area (Å²) in [6.45, 7) is 4.15. The lowest BCUT2D eigenvalue weighted by molar-refractivity contribution is -0.870. The fraction of sp³-hybridized carbons (Fsp3) is 1.00. The summed E-state index contributed by atoms with van der Waals surface area (Å²) in [6, 6.07) is 0. The zero-order chi connectivity index (χ0) is 22.3. The molecule has 0 aromatic heterocycles. The molecule has 6 nitrogen and oxygen atoms in total. The third kappa shape index (κ3) is 14.9. The topological polar surface area (TPSA) is 65.0 Å². The van der Waals surface area contributed by atoms with E-state index in [4.69, 9.17) is 13.8 Å². The van der Waals surface area contributed by atoms with Gasteiger partial charge in [0.25, 0.3) is 0 Å². The highest BCUT2D eigenvalue weighted by molar-refractivity contribution is 7.47. The van der Waals surface area contributed by atoms with Crippen LogP contribution in [0.2, 0.25) is 0 Å². The summed E-state index contributed by atoms with van der Waals surface area (Å²) in [7, 11) is 2.07. The predicted octanol–water partition coefficient (Wildman–Crippen LogP) is 5.93. The molecule has 0 heterocycles. The van der Waals surface area contributed by atoms with Crippen LogP contribution in [-0.4, -0.2) is 63.0 Å². The van der Waals surface area contributed by atoms with Crippen LogP contribution in [0.1, 0.15) is 90.4 Å². The number of unbranched alkanes of at least 4 members (excludes halogenated alkanes) is 9. The van der Waals surface area contributed by atoms with Crippen molar-refractivity contribution in [3.63, 3.8) is 0 Å². The molecule has 7 heteroatoms. The Labute approximate surface area is 185 Å². The van der Waals surface area contributed by atoms with Gasteiger partial charge in [0.05, 0.1) is 33.9 Å². The first-order chi connectivity index (χ1) is 14.2. The number of ether oxygens (including phenoxy) is 1.